The Morgan fingerprint density at radius 1 is 1.18 bits per heavy atom. The van der Waals surface area contributed by atoms with Crippen LogP contribution in [-0.4, -0.2) is 22.7 Å². The summed E-state index contributed by atoms with van der Waals surface area (Å²) in [4.78, 5) is 16.6. The van der Waals surface area contributed by atoms with Crippen LogP contribution in [0.4, 0.5) is 10.1 Å². The zero-order chi connectivity index (χ0) is 19.3. The Morgan fingerprint density at radius 2 is 1.96 bits per heavy atom. The van der Waals surface area contributed by atoms with E-state index in [2.05, 4.69) is 15.5 Å². The van der Waals surface area contributed by atoms with Crippen molar-refractivity contribution in [3.8, 4) is 17.1 Å². The Hall–Kier alpha value is -3.22. The summed E-state index contributed by atoms with van der Waals surface area (Å²) in [6.07, 6.45) is 4.57. The summed E-state index contributed by atoms with van der Waals surface area (Å²) in [7, 11) is 0. The van der Waals surface area contributed by atoms with Gasteiger partial charge in [0.05, 0.1) is 0 Å². The summed E-state index contributed by atoms with van der Waals surface area (Å²) in [6, 6.07) is 12.8. The Balaban J connectivity index is 1.38. The van der Waals surface area contributed by atoms with Crippen LogP contribution in [0, 0.1) is 5.82 Å². The lowest BCUT2D eigenvalue weighted by atomic mass is 10.1. The highest BCUT2D eigenvalue weighted by Crippen LogP contribution is 2.34. The predicted molar refractivity (Wildman–Crippen MR) is 101 cm³/mol. The highest BCUT2D eigenvalue weighted by molar-refractivity contribution is 5.92. The Bertz CT molecular complexity index is 950. The van der Waals surface area contributed by atoms with Crippen molar-refractivity contribution >= 4 is 11.6 Å². The van der Waals surface area contributed by atoms with Gasteiger partial charge < -0.3 is 14.6 Å². The average Bonchev–Trinajstić information content (AvgIpc) is 3.39. The van der Waals surface area contributed by atoms with Crippen molar-refractivity contribution in [2.24, 2.45) is 0 Å². The number of nitrogens with one attached hydrogen (secondary N) is 1. The molecule has 4 rings (SSSR count). The first-order valence-electron chi connectivity index (χ1n) is 9.29. The number of hydrogen-bond donors (Lipinski definition) is 1. The second-order valence-corrected chi connectivity index (χ2v) is 6.81. The molecule has 3 aromatic rings. The lowest BCUT2D eigenvalue weighted by Crippen LogP contribution is -2.20. The quantitative estimate of drug-likeness (QED) is 0.678. The molecule has 7 heteroatoms. The lowest BCUT2D eigenvalue weighted by molar-refractivity contribution is -0.118. The van der Waals surface area contributed by atoms with E-state index < -0.39 is 0 Å². The number of ether oxygens (including phenoxy) is 1. The van der Waals surface area contributed by atoms with E-state index in [4.69, 9.17) is 9.26 Å². The largest absolute Gasteiger partial charge is 0.484 e. The van der Waals surface area contributed by atoms with Crippen LogP contribution >= 0.6 is 0 Å². The minimum atomic E-state index is -0.355. The molecule has 0 unspecified atom stereocenters. The van der Waals surface area contributed by atoms with Gasteiger partial charge in [0.15, 0.2) is 6.61 Å². The van der Waals surface area contributed by atoms with Gasteiger partial charge in [-0.25, -0.2) is 4.39 Å². The molecule has 0 spiro atoms. The highest BCUT2D eigenvalue weighted by Gasteiger charge is 2.23. The normalized spacial score (nSPS) is 14.2. The van der Waals surface area contributed by atoms with Gasteiger partial charge in [0.2, 0.25) is 11.7 Å². The van der Waals surface area contributed by atoms with Crippen LogP contribution in [0.3, 0.4) is 0 Å². The molecule has 1 saturated carbocycles. The Labute approximate surface area is 161 Å². The van der Waals surface area contributed by atoms with Crippen LogP contribution in [0.25, 0.3) is 11.4 Å². The topological polar surface area (TPSA) is 77.2 Å². The van der Waals surface area contributed by atoms with Crippen molar-refractivity contribution in [1.29, 1.82) is 0 Å². The third-order valence-electron chi connectivity index (χ3n) is 4.73. The van der Waals surface area contributed by atoms with Crippen molar-refractivity contribution in [2.45, 2.75) is 31.6 Å². The second kappa shape index (κ2) is 8.21. The molecule has 0 saturated heterocycles. The van der Waals surface area contributed by atoms with Crippen molar-refractivity contribution in [3.63, 3.8) is 0 Å². The number of aromatic nitrogens is 2. The van der Waals surface area contributed by atoms with Crippen LogP contribution in [0.5, 0.6) is 5.75 Å². The summed E-state index contributed by atoms with van der Waals surface area (Å²) >= 11 is 0. The maximum Gasteiger partial charge on any atom is 0.262 e. The fourth-order valence-corrected chi connectivity index (χ4v) is 3.30. The zero-order valence-corrected chi connectivity index (χ0v) is 15.2. The van der Waals surface area contributed by atoms with Gasteiger partial charge in [0, 0.05) is 17.2 Å². The number of carbonyl (C=O) groups is 1. The van der Waals surface area contributed by atoms with E-state index in [0.29, 0.717) is 29.1 Å². The molecule has 2 aromatic carbocycles. The van der Waals surface area contributed by atoms with Crippen molar-refractivity contribution < 1.29 is 18.4 Å². The Kier molecular flexibility index (Phi) is 5.32. The Morgan fingerprint density at radius 3 is 2.75 bits per heavy atom. The molecule has 0 radical (unpaired) electrons. The second-order valence-electron chi connectivity index (χ2n) is 6.81. The molecule has 1 fully saturated rings. The van der Waals surface area contributed by atoms with Crippen molar-refractivity contribution in [1.82, 2.24) is 10.1 Å². The molecular weight excluding hydrogens is 361 g/mol. The van der Waals surface area contributed by atoms with Crippen molar-refractivity contribution in [2.75, 3.05) is 11.9 Å². The fourth-order valence-electron chi connectivity index (χ4n) is 3.30. The zero-order valence-electron chi connectivity index (χ0n) is 15.2. The molecule has 6 nitrogen and oxygen atoms in total. The molecule has 1 aliphatic carbocycles. The summed E-state index contributed by atoms with van der Waals surface area (Å²) in [5.41, 5.74) is 1.38. The van der Waals surface area contributed by atoms with Crippen LogP contribution in [-0.2, 0) is 4.79 Å². The monoisotopic (exact) mass is 381 g/mol. The number of halogens is 1. The molecule has 0 atom stereocenters. The number of hydrogen-bond acceptors (Lipinski definition) is 5. The molecule has 1 aromatic heterocycles. The van der Waals surface area contributed by atoms with E-state index in [1.165, 1.54) is 37.1 Å². The first kappa shape index (κ1) is 18.2. The average molecular weight is 381 g/mol. The number of carbonyl (C=O) groups excluding carboxylic acids is 1. The van der Waals surface area contributed by atoms with E-state index in [-0.39, 0.29) is 18.3 Å². The minimum absolute atomic E-state index is 0.177. The molecule has 1 aliphatic rings. The van der Waals surface area contributed by atoms with Gasteiger partial charge in [-0.15, -0.1) is 0 Å². The molecule has 0 aliphatic heterocycles. The lowest BCUT2D eigenvalue weighted by Gasteiger charge is -2.08. The SMILES string of the molecule is O=C(COc1ccc(F)cc1)Nc1cccc(-c2noc(C3CCCC3)n2)c1. The standard InChI is InChI=1S/C21H20FN3O3/c22-16-8-10-18(11-9-16)27-13-19(26)23-17-7-3-6-15(12-17)20-24-21(28-25-20)14-4-1-2-5-14/h3,6-12,14H,1-2,4-5,13H2,(H,23,26). The summed E-state index contributed by atoms with van der Waals surface area (Å²) < 4.78 is 23.7. The first-order valence-corrected chi connectivity index (χ1v) is 9.29. The van der Waals surface area contributed by atoms with Gasteiger partial charge in [-0.1, -0.05) is 30.1 Å². The molecular formula is C21H20FN3O3. The molecule has 1 amide bonds. The van der Waals surface area contributed by atoms with E-state index in [9.17, 15) is 9.18 Å². The minimum Gasteiger partial charge on any atom is -0.484 e. The van der Waals surface area contributed by atoms with Crippen LogP contribution in [0.1, 0.15) is 37.5 Å². The number of benzene rings is 2. The maximum absolute atomic E-state index is 12.9. The molecule has 144 valence electrons. The van der Waals surface area contributed by atoms with E-state index >= 15 is 0 Å². The van der Waals surface area contributed by atoms with Crippen LogP contribution < -0.4 is 10.1 Å². The van der Waals surface area contributed by atoms with Crippen LogP contribution in [0.2, 0.25) is 0 Å². The van der Waals surface area contributed by atoms with E-state index in [0.717, 1.165) is 18.4 Å². The summed E-state index contributed by atoms with van der Waals surface area (Å²) in [5.74, 6) is 1.31. The van der Waals surface area contributed by atoms with Gasteiger partial charge in [0.25, 0.3) is 5.91 Å². The number of nitrogens with zero attached hydrogens (tertiary/aromatic N) is 2. The fraction of sp³-hybridized carbons (Fsp3) is 0.286. The third kappa shape index (κ3) is 4.36. The van der Waals surface area contributed by atoms with Crippen molar-refractivity contribution in [3.05, 3.63) is 60.2 Å². The van der Waals surface area contributed by atoms with Gasteiger partial charge in [-0.3, -0.25) is 4.79 Å². The van der Waals surface area contributed by atoms with Gasteiger partial charge >= 0.3 is 0 Å². The maximum atomic E-state index is 12.9. The molecule has 1 N–H and O–H groups in total. The predicted octanol–water partition coefficient (Wildman–Crippen LogP) is 4.55. The number of rotatable bonds is 6. The summed E-state index contributed by atoms with van der Waals surface area (Å²) in [5, 5.41) is 6.85. The number of anilines is 1. The molecule has 0 bridgehead atoms. The highest BCUT2D eigenvalue weighted by atomic mass is 19.1. The summed E-state index contributed by atoms with van der Waals surface area (Å²) in [6.45, 7) is -0.177. The first-order chi connectivity index (χ1) is 13.7. The van der Waals surface area contributed by atoms with Gasteiger partial charge in [-0.2, -0.15) is 4.98 Å². The van der Waals surface area contributed by atoms with Gasteiger partial charge in [-0.05, 0) is 49.2 Å². The van der Waals surface area contributed by atoms with Crippen LogP contribution in [0.15, 0.2) is 53.1 Å². The smallest absolute Gasteiger partial charge is 0.262 e. The molecule has 28 heavy (non-hydrogen) atoms. The third-order valence-corrected chi connectivity index (χ3v) is 4.73. The van der Waals surface area contributed by atoms with Gasteiger partial charge in [0.1, 0.15) is 11.6 Å². The van der Waals surface area contributed by atoms with E-state index in [1.807, 2.05) is 12.1 Å². The molecule has 1 heterocycles. The van der Waals surface area contributed by atoms with E-state index in [1.54, 1.807) is 12.1 Å². The number of amides is 1.